The first kappa shape index (κ1) is 14.7. The number of aromatic nitrogens is 1. The fraction of sp³-hybridized carbons (Fsp3) is 0.438. The minimum absolute atomic E-state index is 0.106. The minimum Gasteiger partial charge on any atom is -0.480 e. The van der Waals surface area contributed by atoms with Crippen LogP contribution in [0.5, 0.6) is 0 Å². The largest absolute Gasteiger partial charge is 0.480 e. The highest BCUT2D eigenvalue weighted by atomic mass is 32.2. The summed E-state index contributed by atoms with van der Waals surface area (Å²) in [6.07, 6.45) is 4.13. The number of hydrogen-bond acceptors (Lipinski definition) is 3. The lowest BCUT2D eigenvalue weighted by Gasteiger charge is -2.21. The van der Waals surface area contributed by atoms with Crippen molar-refractivity contribution in [1.29, 1.82) is 0 Å². The molecule has 6 nitrogen and oxygen atoms in total. The van der Waals surface area contributed by atoms with Gasteiger partial charge in [-0.05, 0) is 48.3 Å². The van der Waals surface area contributed by atoms with Crippen molar-refractivity contribution in [2.45, 2.75) is 30.2 Å². The molecule has 1 spiro atoms. The molecule has 0 amide bonds. The molecule has 1 N–H and O–H groups in total. The second-order valence-corrected chi connectivity index (χ2v) is 8.65. The van der Waals surface area contributed by atoms with E-state index in [1.165, 1.54) is 4.31 Å². The number of aryl methyl sites for hydroxylation is 1. The third kappa shape index (κ3) is 2.18. The molecule has 2 heterocycles. The first-order valence-electron chi connectivity index (χ1n) is 7.62. The van der Waals surface area contributed by atoms with E-state index >= 15 is 0 Å². The predicted octanol–water partition coefficient (Wildman–Crippen LogP) is 1.81. The Morgan fingerprint density at radius 3 is 2.70 bits per heavy atom. The van der Waals surface area contributed by atoms with Crippen LogP contribution in [0.2, 0.25) is 0 Å². The van der Waals surface area contributed by atoms with Crippen LogP contribution in [-0.2, 0) is 21.9 Å². The maximum Gasteiger partial charge on any atom is 0.322 e. The van der Waals surface area contributed by atoms with Crippen molar-refractivity contribution in [2.75, 3.05) is 6.54 Å². The fourth-order valence-corrected chi connectivity index (χ4v) is 5.27. The average molecular weight is 334 g/mol. The van der Waals surface area contributed by atoms with E-state index in [1.54, 1.807) is 18.2 Å². The SMILES string of the molecule is Cn1ccc2ccc(S(=O)(=O)N3CC4(CC4)C[C@H]3C(=O)O)cc21. The van der Waals surface area contributed by atoms with Gasteiger partial charge in [0.15, 0.2) is 0 Å². The molecule has 1 aromatic carbocycles. The molecule has 1 atom stereocenters. The molecular weight excluding hydrogens is 316 g/mol. The number of carboxylic acid groups (broad SMARTS) is 1. The maximum atomic E-state index is 13.0. The average Bonchev–Trinajstić information content (AvgIpc) is 2.98. The Bertz CT molecular complexity index is 911. The van der Waals surface area contributed by atoms with Crippen molar-refractivity contribution >= 4 is 26.9 Å². The molecule has 2 aromatic rings. The standard InChI is InChI=1S/C16H18N2O4S/c1-17-7-4-11-2-3-12(8-13(11)17)23(21,22)18-10-16(5-6-16)9-14(18)15(19)20/h2-4,7-8,14H,5-6,9-10H2,1H3,(H,19,20)/t14-/m0/s1. The smallest absolute Gasteiger partial charge is 0.322 e. The Balaban J connectivity index is 1.78. The van der Waals surface area contributed by atoms with Gasteiger partial charge in [0.2, 0.25) is 10.0 Å². The first-order valence-corrected chi connectivity index (χ1v) is 9.06. The monoisotopic (exact) mass is 334 g/mol. The van der Waals surface area contributed by atoms with Crippen molar-refractivity contribution in [2.24, 2.45) is 12.5 Å². The van der Waals surface area contributed by atoms with Crippen LogP contribution in [0.3, 0.4) is 0 Å². The van der Waals surface area contributed by atoms with Gasteiger partial charge in [0.25, 0.3) is 0 Å². The van der Waals surface area contributed by atoms with Crippen LogP contribution in [-0.4, -0.2) is 41.0 Å². The Hall–Kier alpha value is -1.86. The Morgan fingerprint density at radius 1 is 1.30 bits per heavy atom. The van der Waals surface area contributed by atoms with Crippen LogP contribution in [0.4, 0.5) is 0 Å². The molecule has 122 valence electrons. The molecule has 2 fully saturated rings. The van der Waals surface area contributed by atoms with Gasteiger partial charge in [-0.1, -0.05) is 6.07 Å². The number of nitrogens with zero attached hydrogens (tertiary/aromatic N) is 2. The van der Waals surface area contributed by atoms with Crippen molar-refractivity contribution in [1.82, 2.24) is 8.87 Å². The summed E-state index contributed by atoms with van der Waals surface area (Å²) in [5, 5.41) is 10.4. The molecule has 0 bridgehead atoms. The summed E-state index contributed by atoms with van der Waals surface area (Å²) >= 11 is 0. The number of carboxylic acids is 1. The lowest BCUT2D eigenvalue weighted by Crippen LogP contribution is -2.40. The van der Waals surface area contributed by atoms with Crippen LogP contribution in [0.1, 0.15) is 19.3 Å². The summed E-state index contributed by atoms with van der Waals surface area (Å²) in [6.45, 7) is 0.317. The van der Waals surface area contributed by atoms with Gasteiger partial charge in [0.1, 0.15) is 6.04 Å². The highest BCUT2D eigenvalue weighted by Gasteiger charge is 2.57. The number of benzene rings is 1. The molecule has 1 aliphatic carbocycles. The second-order valence-electron chi connectivity index (χ2n) is 6.76. The zero-order chi connectivity index (χ0) is 16.4. The molecule has 0 unspecified atom stereocenters. The summed E-state index contributed by atoms with van der Waals surface area (Å²) in [4.78, 5) is 11.7. The van der Waals surface area contributed by atoms with Gasteiger partial charge >= 0.3 is 5.97 Å². The molecule has 1 aliphatic heterocycles. The quantitative estimate of drug-likeness (QED) is 0.928. The number of carbonyl (C=O) groups is 1. The lowest BCUT2D eigenvalue weighted by molar-refractivity contribution is -0.140. The van der Waals surface area contributed by atoms with E-state index in [2.05, 4.69) is 0 Å². The number of aliphatic carboxylic acids is 1. The molecular formula is C16H18N2O4S. The van der Waals surface area contributed by atoms with Crippen LogP contribution in [0.25, 0.3) is 10.9 Å². The summed E-state index contributed by atoms with van der Waals surface area (Å²) in [5.41, 5.74) is 0.712. The zero-order valence-electron chi connectivity index (χ0n) is 12.8. The van der Waals surface area contributed by atoms with E-state index in [0.29, 0.717) is 13.0 Å². The second kappa shape index (κ2) is 4.58. The van der Waals surface area contributed by atoms with E-state index in [1.807, 2.05) is 23.9 Å². The Morgan fingerprint density at radius 2 is 2.04 bits per heavy atom. The van der Waals surface area contributed by atoms with Gasteiger partial charge < -0.3 is 9.67 Å². The van der Waals surface area contributed by atoms with Crippen molar-refractivity contribution < 1.29 is 18.3 Å². The molecule has 1 saturated carbocycles. The third-order valence-corrected chi connectivity index (χ3v) is 7.02. The lowest BCUT2D eigenvalue weighted by atomic mass is 10.0. The van der Waals surface area contributed by atoms with Gasteiger partial charge in [0.05, 0.1) is 4.90 Å². The van der Waals surface area contributed by atoms with Crippen molar-refractivity contribution in [3.05, 3.63) is 30.5 Å². The van der Waals surface area contributed by atoms with Gasteiger partial charge in [-0.2, -0.15) is 4.31 Å². The number of rotatable bonds is 3. The van der Waals surface area contributed by atoms with Crippen LogP contribution < -0.4 is 0 Å². The van der Waals surface area contributed by atoms with E-state index < -0.39 is 22.0 Å². The highest BCUT2D eigenvalue weighted by Crippen LogP contribution is 2.55. The van der Waals surface area contributed by atoms with Crippen LogP contribution in [0, 0.1) is 5.41 Å². The fourth-order valence-electron chi connectivity index (χ4n) is 3.56. The van der Waals surface area contributed by atoms with Gasteiger partial charge in [-0.15, -0.1) is 0 Å². The van der Waals surface area contributed by atoms with E-state index in [0.717, 1.165) is 23.7 Å². The number of sulfonamides is 1. The van der Waals surface area contributed by atoms with Gasteiger partial charge in [-0.25, -0.2) is 8.42 Å². The number of fused-ring (bicyclic) bond motifs is 1. The minimum atomic E-state index is -3.81. The molecule has 4 rings (SSSR count). The predicted molar refractivity (Wildman–Crippen MR) is 84.5 cm³/mol. The summed E-state index contributed by atoms with van der Waals surface area (Å²) in [7, 11) is -1.96. The highest BCUT2D eigenvalue weighted by molar-refractivity contribution is 7.89. The van der Waals surface area contributed by atoms with Crippen LogP contribution in [0.15, 0.2) is 35.4 Å². The normalized spacial score (nSPS) is 23.6. The molecule has 1 aromatic heterocycles. The van der Waals surface area contributed by atoms with E-state index in [-0.39, 0.29) is 10.3 Å². The molecule has 0 radical (unpaired) electrons. The van der Waals surface area contributed by atoms with Gasteiger partial charge in [-0.3, -0.25) is 4.79 Å². The molecule has 2 aliphatic rings. The summed E-state index contributed by atoms with van der Waals surface area (Å²) in [5.74, 6) is -1.06. The Labute approximate surface area is 134 Å². The summed E-state index contributed by atoms with van der Waals surface area (Å²) < 4.78 is 29.0. The van der Waals surface area contributed by atoms with Crippen LogP contribution >= 0.6 is 0 Å². The molecule has 7 heteroatoms. The summed E-state index contributed by atoms with van der Waals surface area (Å²) in [6, 6.07) is 5.92. The van der Waals surface area contributed by atoms with Crippen molar-refractivity contribution in [3.8, 4) is 0 Å². The first-order chi connectivity index (χ1) is 10.8. The van der Waals surface area contributed by atoms with E-state index in [4.69, 9.17) is 0 Å². The molecule has 23 heavy (non-hydrogen) atoms. The van der Waals surface area contributed by atoms with E-state index in [9.17, 15) is 18.3 Å². The van der Waals surface area contributed by atoms with Crippen molar-refractivity contribution in [3.63, 3.8) is 0 Å². The topological polar surface area (TPSA) is 79.6 Å². The third-order valence-electron chi connectivity index (χ3n) is 5.17. The van der Waals surface area contributed by atoms with Gasteiger partial charge in [0, 0.05) is 25.3 Å². The maximum absolute atomic E-state index is 13.0. The Kier molecular flexibility index (Phi) is 2.93. The zero-order valence-corrected chi connectivity index (χ0v) is 13.6. The number of hydrogen-bond donors (Lipinski definition) is 1. The molecule has 1 saturated heterocycles.